The van der Waals surface area contributed by atoms with Crippen molar-refractivity contribution < 1.29 is 0 Å². The number of benzene rings is 1. The molecule has 0 amide bonds. The van der Waals surface area contributed by atoms with E-state index in [0.29, 0.717) is 5.25 Å². The molecule has 0 aliphatic heterocycles. The molecule has 1 aromatic carbocycles. The minimum absolute atomic E-state index is 0.668. The van der Waals surface area contributed by atoms with Gasteiger partial charge in [-0.15, -0.1) is 0 Å². The summed E-state index contributed by atoms with van der Waals surface area (Å²) in [4.78, 5) is 4.94. The van der Waals surface area contributed by atoms with Gasteiger partial charge in [0.25, 0.3) is 0 Å². The quantitative estimate of drug-likeness (QED) is 0.662. The van der Waals surface area contributed by atoms with Crippen molar-refractivity contribution >= 4 is 29.8 Å². The van der Waals surface area contributed by atoms with Crippen molar-refractivity contribution in [3.05, 3.63) is 29.8 Å². The lowest BCUT2D eigenvalue weighted by atomic mass is 9.98. The monoisotopic (exact) mass is 291 g/mol. The molecule has 19 heavy (non-hydrogen) atoms. The standard InChI is InChI=1S/C16H25NSSi/c1-13-9-11-14(12-10-13)17-15-7-5-6-8-16(15)18-19(2,3)4/h9-12,16H,5-8H2,1-4H3/b17-15+. The number of rotatable bonds is 3. The van der Waals surface area contributed by atoms with Gasteiger partial charge in [-0.25, -0.2) is 0 Å². The third-order valence-electron chi connectivity index (χ3n) is 3.32. The molecule has 1 unspecified atom stereocenters. The van der Waals surface area contributed by atoms with Crippen LogP contribution in [0.15, 0.2) is 29.3 Å². The lowest BCUT2D eigenvalue weighted by Gasteiger charge is -2.29. The molecular weight excluding hydrogens is 266 g/mol. The van der Waals surface area contributed by atoms with Crippen molar-refractivity contribution in [3.63, 3.8) is 0 Å². The first-order valence-electron chi connectivity index (χ1n) is 7.26. The van der Waals surface area contributed by atoms with Crippen LogP contribution >= 0.6 is 11.2 Å². The van der Waals surface area contributed by atoms with Crippen LogP contribution in [-0.4, -0.2) is 18.2 Å². The summed E-state index contributed by atoms with van der Waals surface area (Å²) >= 11 is 2.22. The van der Waals surface area contributed by atoms with E-state index in [1.165, 1.54) is 37.0 Å². The van der Waals surface area contributed by atoms with Crippen LogP contribution in [0.2, 0.25) is 19.6 Å². The molecule has 1 fully saturated rings. The molecule has 0 bridgehead atoms. The van der Waals surface area contributed by atoms with E-state index in [1.807, 2.05) is 0 Å². The predicted octanol–water partition coefficient (Wildman–Crippen LogP) is 5.58. The highest BCUT2D eigenvalue weighted by atomic mass is 32.4. The van der Waals surface area contributed by atoms with Crippen molar-refractivity contribution in [2.45, 2.75) is 57.5 Å². The third-order valence-corrected chi connectivity index (χ3v) is 7.80. The Bertz CT molecular complexity index is 445. The molecule has 0 heterocycles. The lowest BCUT2D eigenvalue weighted by Crippen LogP contribution is -2.29. The normalized spacial score (nSPS) is 22.7. The van der Waals surface area contributed by atoms with E-state index in [-0.39, 0.29) is 0 Å². The molecule has 1 aliphatic carbocycles. The van der Waals surface area contributed by atoms with Gasteiger partial charge in [-0.1, -0.05) is 43.8 Å². The zero-order chi connectivity index (χ0) is 13.9. The molecular formula is C16H25NSSi. The summed E-state index contributed by atoms with van der Waals surface area (Å²) in [5.41, 5.74) is 3.87. The maximum absolute atomic E-state index is 4.94. The maximum Gasteiger partial charge on any atom is 0.109 e. The summed E-state index contributed by atoms with van der Waals surface area (Å²) in [7, 11) is -1.08. The molecule has 2 rings (SSSR count). The first-order chi connectivity index (χ1) is 8.94. The smallest absolute Gasteiger partial charge is 0.109 e. The van der Waals surface area contributed by atoms with Crippen LogP contribution in [-0.2, 0) is 0 Å². The number of aliphatic imine (C=N–C) groups is 1. The van der Waals surface area contributed by atoms with Crippen molar-refractivity contribution in [1.82, 2.24) is 0 Å². The summed E-state index contributed by atoms with van der Waals surface area (Å²) in [5.74, 6) is 0. The molecule has 1 saturated carbocycles. The molecule has 0 N–H and O–H groups in total. The number of aryl methyl sites for hydroxylation is 1. The van der Waals surface area contributed by atoms with E-state index in [9.17, 15) is 0 Å². The fourth-order valence-electron chi connectivity index (χ4n) is 2.43. The number of hydrogen-bond acceptors (Lipinski definition) is 2. The summed E-state index contributed by atoms with van der Waals surface area (Å²) in [5, 5.41) is 0.668. The average molecular weight is 292 g/mol. The Balaban J connectivity index is 2.16. The summed E-state index contributed by atoms with van der Waals surface area (Å²) in [6, 6.07) is 8.60. The summed E-state index contributed by atoms with van der Waals surface area (Å²) < 4.78 is 0. The second-order valence-corrected chi connectivity index (χ2v) is 15.8. The Hall–Kier alpha value is -0.543. The Labute approximate surface area is 122 Å². The highest BCUT2D eigenvalue weighted by Crippen LogP contribution is 2.34. The summed E-state index contributed by atoms with van der Waals surface area (Å²) in [6.45, 7) is 9.45. The van der Waals surface area contributed by atoms with Crippen molar-refractivity contribution in [1.29, 1.82) is 0 Å². The first kappa shape index (κ1) is 14.9. The van der Waals surface area contributed by atoms with Gasteiger partial charge < -0.3 is 0 Å². The van der Waals surface area contributed by atoms with Gasteiger partial charge in [-0.05, 0) is 38.3 Å². The molecule has 0 aromatic heterocycles. The van der Waals surface area contributed by atoms with Crippen LogP contribution in [0.25, 0.3) is 0 Å². The van der Waals surface area contributed by atoms with Crippen LogP contribution in [0.4, 0.5) is 5.69 Å². The zero-order valence-corrected chi connectivity index (χ0v) is 14.4. The first-order valence-corrected chi connectivity index (χ1v) is 12.4. The molecule has 1 nitrogen and oxygen atoms in total. The Morgan fingerprint density at radius 3 is 2.42 bits per heavy atom. The Kier molecular flexibility index (Phi) is 4.90. The van der Waals surface area contributed by atoms with Gasteiger partial charge >= 0.3 is 0 Å². The third kappa shape index (κ3) is 4.81. The van der Waals surface area contributed by atoms with Crippen LogP contribution in [0.3, 0.4) is 0 Å². The van der Waals surface area contributed by atoms with Gasteiger partial charge in [0.2, 0.25) is 0 Å². The maximum atomic E-state index is 4.94. The molecule has 1 atom stereocenters. The summed E-state index contributed by atoms with van der Waals surface area (Å²) in [6.07, 6.45) is 5.19. The number of hydrogen-bond donors (Lipinski definition) is 0. The van der Waals surface area contributed by atoms with Gasteiger partial charge in [-0.2, -0.15) is 11.2 Å². The van der Waals surface area contributed by atoms with E-state index >= 15 is 0 Å². The Morgan fingerprint density at radius 1 is 1.11 bits per heavy atom. The van der Waals surface area contributed by atoms with Crippen molar-refractivity contribution in [3.8, 4) is 0 Å². The van der Waals surface area contributed by atoms with Crippen molar-refractivity contribution in [2.24, 2.45) is 4.99 Å². The topological polar surface area (TPSA) is 12.4 Å². The van der Waals surface area contributed by atoms with Gasteiger partial charge in [0.1, 0.15) is 7.22 Å². The SMILES string of the molecule is Cc1ccc(/N=C2\CCCCC2S[Si](C)(C)C)cc1. The van der Waals surface area contributed by atoms with Gasteiger partial charge in [0.15, 0.2) is 0 Å². The van der Waals surface area contributed by atoms with Gasteiger partial charge in [0, 0.05) is 11.0 Å². The predicted molar refractivity (Wildman–Crippen MR) is 91.5 cm³/mol. The molecule has 3 heteroatoms. The van der Waals surface area contributed by atoms with Gasteiger partial charge in [0.05, 0.1) is 5.69 Å². The van der Waals surface area contributed by atoms with Crippen LogP contribution < -0.4 is 0 Å². The van der Waals surface area contributed by atoms with Crippen LogP contribution in [0.5, 0.6) is 0 Å². The highest BCUT2D eigenvalue weighted by Gasteiger charge is 2.27. The molecule has 1 aromatic rings. The largest absolute Gasteiger partial charge is 0.257 e. The fourth-order valence-corrected chi connectivity index (χ4v) is 7.20. The van der Waals surface area contributed by atoms with E-state index in [2.05, 4.69) is 62.0 Å². The second-order valence-electron chi connectivity index (χ2n) is 6.40. The minimum Gasteiger partial charge on any atom is -0.257 e. The zero-order valence-electron chi connectivity index (χ0n) is 12.6. The minimum atomic E-state index is -1.08. The number of nitrogens with zero attached hydrogens (tertiary/aromatic N) is 1. The Morgan fingerprint density at radius 2 is 1.79 bits per heavy atom. The molecule has 1 aliphatic rings. The highest BCUT2D eigenvalue weighted by molar-refractivity contribution is 8.29. The molecule has 0 radical (unpaired) electrons. The fraction of sp³-hybridized carbons (Fsp3) is 0.562. The van der Waals surface area contributed by atoms with Crippen LogP contribution in [0.1, 0.15) is 31.2 Å². The van der Waals surface area contributed by atoms with E-state index in [0.717, 1.165) is 5.69 Å². The van der Waals surface area contributed by atoms with E-state index in [1.54, 1.807) is 0 Å². The molecule has 0 spiro atoms. The van der Waals surface area contributed by atoms with Crippen molar-refractivity contribution in [2.75, 3.05) is 0 Å². The lowest BCUT2D eigenvalue weighted by molar-refractivity contribution is 0.676. The van der Waals surface area contributed by atoms with E-state index < -0.39 is 7.22 Å². The molecule has 0 saturated heterocycles. The molecule has 104 valence electrons. The van der Waals surface area contributed by atoms with Crippen LogP contribution in [0, 0.1) is 6.92 Å². The second kappa shape index (κ2) is 6.27. The van der Waals surface area contributed by atoms with Gasteiger partial charge in [-0.3, -0.25) is 4.99 Å². The average Bonchev–Trinajstić information content (AvgIpc) is 2.33. The van der Waals surface area contributed by atoms with E-state index in [4.69, 9.17) is 4.99 Å².